The minimum Gasteiger partial charge on any atom is -0.394 e. The van der Waals surface area contributed by atoms with Gasteiger partial charge in [-0.3, -0.25) is 14.4 Å². The summed E-state index contributed by atoms with van der Waals surface area (Å²) in [6, 6.07) is 4.58. The van der Waals surface area contributed by atoms with Crippen LogP contribution >= 0.6 is 11.8 Å². The molecule has 8 heteroatoms. The zero-order chi connectivity index (χ0) is 24.1. The minimum atomic E-state index is -0.744. The lowest BCUT2D eigenvalue weighted by molar-refractivity contribution is -0.142. The highest BCUT2D eigenvalue weighted by Gasteiger charge is 2.77. The van der Waals surface area contributed by atoms with Crippen LogP contribution in [0.3, 0.4) is 0 Å². The van der Waals surface area contributed by atoms with E-state index in [4.69, 9.17) is 0 Å². The molecule has 180 valence electrons. The molecule has 0 aromatic heterocycles. The van der Waals surface area contributed by atoms with E-state index in [9.17, 15) is 19.5 Å². The Morgan fingerprint density at radius 1 is 1.24 bits per heavy atom. The summed E-state index contributed by atoms with van der Waals surface area (Å²) in [6.45, 7) is 10.0. The van der Waals surface area contributed by atoms with Gasteiger partial charge in [-0.25, -0.2) is 0 Å². The van der Waals surface area contributed by atoms with Crippen molar-refractivity contribution in [3.8, 4) is 0 Å². The van der Waals surface area contributed by atoms with Crippen LogP contribution in [0.1, 0.15) is 51.2 Å². The molecular formula is C25H35N3O4S. The van der Waals surface area contributed by atoms with Crippen LogP contribution in [0.5, 0.6) is 0 Å². The molecule has 3 amide bonds. The number of aliphatic hydroxyl groups excluding tert-OH is 1. The number of anilines is 1. The van der Waals surface area contributed by atoms with Gasteiger partial charge in [0.05, 0.1) is 29.2 Å². The van der Waals surface area contributed by atoms with E-state index in [0.29, 0.717) is 13.0 Å². The Morgan fingerprint density at radius 2 is 1.91 bits per heavy atom. The second kappa shape index (κ2) is 8.62. The van der Waals surface area contributed by atoms with E-state index >= 15 is 0 Å². The lowest BCUT2D eigenvalue weighted by atomic mass is 9.66. The smallest absolute Gasteiger partial charge is 0.248 e. The average molecular weight is 474 g/mol. The number of carbonyl (C=O) groups is 3. The lowest BCUT2D eigenvalue weighted by Crippen LogP contribution is -2.54. The van der Waals surface area contributed by atoms with Gasteiger partial charge in [-0.15, -0.1) is 11.8 Å². The van der Waals surface area contributed by atoms with Crippen molar-refractivity contribution in [3.05, 3.63) is 29.3 Å². The number of nitrogens with one attached hydrogen (secondary N) is 2. The van der Waals surface area contributed by atoms with Crippen molar-refractivity contribution in [3.63, 3.8) is 0 Å². The number of hydrogen-bond acceptors (Lipinski definition) is 5. The molecule has 33 heavy (non-hydrogen) atoms. The molecule has 0 aliphatic carbocycles. The Morgan fingerprint density at radius 3 is 2.52 bits per heavy atom. The molecule has 3 aliphatic heterocycles. The first-order valence-electron chi connectivity index (χ1n) is 11.9. The monoisotopic (exact) mass is 473 g/mol. The largest absolute Gasteiger partial charge is 0.394 e. The summed E-state index contributed by atoms with van der Waals surface area (Å²) >= 11 is 1.65. The quantitative estimate of drug-likeness (QED) is 0.566. The Hall–Kier alpha value is -2.06. The highest BCUT2D eigenvalue weighted by molar-refractivity contribution is 8.02. The van der Waals surface area contributed by atoms with Crippen LogP contribution in [-0.4, -0.2) is 62.5 Å². The number of aliphatic hydroxyl groups is 1. The number of likely N-dealkylation sites (tertiary alicyclic amines) is 1. The SMILES string of the molecule is CCCNC(=O)[C@H]1[C@H]2C(=O)N([C@H](C)CO)C(C(=O)Nc3c(C)cccc3C)C23CC[C@]1(C)S3. The van der Waals surface area contributed by atoms with Crippen LogP contribution in [0.2, 0.25) is 0 Å². The fraction of sp³-hybridized carbons (Fsp3) is 0.640. The highest BCUT2D eigenvalue weighted by atomic mass is 32.2. The molecule has 6 atom stereocenters. The van der Waals surface area contributed by atoms with Crippen LogP contribution in [0.25, 0.3) is 0 Å². The van der Waals surface area contributed by atoms with E-state index < -0.39 is 28.7 Å². The molecule has 4 rings (SSSR count). The first kappa shape index (κ1) is 24.1. The molecule has 0 saturated carbocycles. The van der Waals surface area contributed by atoms with Gasteiger partial charge >= 0.3 is 0 Å². The summed E-state index contributed by atoms with van der Waals surface area (Å²) in [5.74, 6) is -1.58. The number of thioether (sulfide) groups is 1. The van der Waals surface area contributed by atoms with Crippen LogP contribution in [0, 0.1) is 25.7 Å². The van der Waals surface area contributed by atoms with E-state index in [-0.39, 0.29) is 29.1 Å². The van der Waals surface area contributed by atoms with E-state index in [1.54, 1.807) is 23.6 Å². The van der Waals surface area contributed by atoms with Gasteiger partial charge in [0, 0.05) is 17.0 Å². The molecule has 3 heterocycles. The summed E-state index contributed by atoms with van der Waals surface area (Å²) < 4.78 is -1.06. The number of amides is 3. The van der Waals surface area contributed by atoms with E-state index in [0.717, 1.165) is 29.7 Å². The highest BCUT2D eigenvalue weighted by Crippen LogP contribution is 2.71. The number of fused-ring (bicyclic) bond motifs is 1. The standard InChI is InChI=1S/C25H35N3O4S/c1-6-12-26-21(30)17-18-23(32)28(16(4)13-29)20(25(18)11-10-24(17,5)33-25)22(31)27-19-14(2)8-7-9-15(19)3/h7-9,16-18,20,29H,6,10-13H2,1-5H3,(H,26,30)(H,27,31)/t16-,17-,18+,20?,24+,25?/m1/s1. The lowest BCUT2D eigenvalue weighted by Gasteiger charge is -2.36. The van der Waals surface area contributed by atoms with Gasteiger partial charge in [0.25, 0.3) is 0 Å². The summed E-state index contributed by atoms with van der Waals surface area (Å²) in [5.41, 5.74) is 2.67. The van der Waals surface area contributed by atoms with Crippen molar-refractivity contribution in [1.82, 2.24) is 10.2 Å². The van der Waals surface area contributed by atoms with E-state index in [2.05, 4.69) is 17.6 Å². The average Bonchev–Trinajstić information content (AvgIpc) is 3.35. The predicted molar refractivity (Wildman–Crippen MR) is 130 cm³/mol. The van der Waals surface area contributed by atoms with Gasteiger partial charge in [-0.2, -0.15) is 0 Å². The molecule has 3 fully saturated rings. The number of hydrogen-bond donors (Lipinski definition) is 3. The van der Waals surface area contributed by atoms with Gasteiger partial charge in [-0.05, 0) is 58.1 Å². The third-order valence-corrected chi connectivity index (χ3v) is 9.75. The van der Waals surface area contributed by atoms with Crippen molar-refractivity contribution >= 4 is 35.2 Å². The molecule has 2 bridgehead atoms. The number of aryl methyl sites for hydroxylation is 2. The third kappa shape index (κ3) is 3.57. The van der Waals surface area contributed by atoms with Crippen molar-refractivity contribution in [2.45, 2.75) is 75.5 Å². The number of carbonyl (C=O) groups excluding carboxylic acids is 3. The number of benzene rings is 1. The predicted octanol–water partition coefficient (Wildman–Crippen LogP) is 2.63. The topological polar surface area (TPSA) is 98.7 Å². The summed E-state index contributed by atoms with van der Waals surface area (Å²) in [7, 11) is 0. The molecular weight excluding hydrogens is 438 g/mol. The summed E-state index contributed by atoms with van der Waals surface area (Å²) in [5, 5.41) is 16.1. The Bertz CT molecular complexity index is 964. The fourth-order valence-corrected chi connectivity index (χ4v) is 8.53. The molecule has 1 spiro atoms. The van der Waals surface area contributed by atoms with Gasteiger partial charge < -0.3 is 20.6 Å². The second-order valence-corrected chi connectivity index (χ2v) is 11.9. The maximum absolute atomic E-state index is 13.9. The van der Waals surface area contributed by atoms with E-state index in [1.165, 1.54) is 0 Å². The molecule has 0 radical (unpaired) electrons. The van der Waals surface area contributed by atoms with Crippen LogP contribution in [-0.2, 0) is 14.4 Å². The summed E-state index contributed by atoms with van der Waals surface area (Å²) in [4.78, 5) is 42.5. The number of nitrogens with zero attached hydrogens (tertiary/aromatic N) is 1. The molecule has 7 nitrogen and oxygen atoms in total. The molecule has 3 saturated heterocycles. The van der Waals surface area contributed by atoms with Gasteiger partial charge in [0.15, 0.2) is 0 Å². The first-order valence-corrected chi connectivity index (χ1v) is 12.7. The fourth-order valence-electron chi connectivity index (χ4n) is 6.19. The van der Waals surface area contributed by atoms with Crippen LogP contribution in [0.15, 0.2) is 18.2 Å². The normalized spacial score (nSPS) is 33.2. The van der Waals surface area contributed by atoms with Gasteiger partial charge in [0.2, 0.25) is 17.7 Å². The second-order valence-electron chi connectivity index (χ2n) is 10.1. The summed E-state index contributed by atoms with van der Waals surface area (Å²) in [6.07, 6.45) is 2.29. The molecule has 2 unspecified atom stereocenters. The Labute approximate surface area is 200 Å². The van der Waals surface area contributed by atoms with Crippen LogP contribution < -0.4 is 10.6 Å². The van der Waals surface area contributed by atoms with Crippen molar-refractivity contribution in [2.75, 3.05) is 18.5 Å². The van der Waals surface area contributed by atoms with Gasteiger partial charge in [0.1, 0.15) is 6.04 Å². The van der Waals surface area contributed by atoms with Gasteiger partial charge in [-0.1, -0.05) is 25.1 Å². The maximum Gasteiger partial charge on any atom is 0.248 e. The van der Waals surface area contributed by atoms with E-state index in [1.807, 2.05) is 39.0 Å². The van der Waals surface area contributed by atoms with Crippen LogP contribution in [0.4, 0.5) is 5.69 Å². The zero-order valence-electron chi connectivity index (χ0n) is 20.1. The molecule has 3 N–H and O–H groups in total. The minimum absolute atomic E-state index is 0.0980. The first-order chi connectivity index (χ1) is 15.6. The molecule has 3 aliphatic rings. The number of rotatable bonds is 7. The maximum atomic E-state index is 13.9. The third-order valence-electron chi connectivity index (χ3n) is 7.76. The van der Waals surface area contributed by atoms with Crippen molar-refractivity contribution < 1.29 is 19.5 Å². The molecule has 1 aromatic carbocycles. The Balaban J connectivity index is 1.75. The number of para-hydroxylation sites is 1. The Kier molecular flexibility index (Phi) is 6.29. The van der Waals surface area contributed by atoms with Crippen molar-refractivity contribution in [1.29, 1.82) is 0 Å². The van der Waals surface area contributed by atoms with Crippen molar-refractivity contribution in [2.24, 2.45) is 11.8 Å². The zero-order valence-corrected chi connectivity index (χ0v) is 20.9. The molecule has 1 aromatic rings.